The van der Waals surface area contributed by atoms with Gasteiger partial charge < -0.3 is 0 Å². The number of nitrogens with zero attached hydrogens (tertiary/aromatic N) is 6. The smallest absolute Gasteiger partial charge is 0.216 e. The van der Waals surface area contributed by atoms with Crippen LogP contribution in [0.1, 0.15) is 86.5 Å². The van der Waals surface area contributed by atoms with Gasteiger partial charge in [-0.2, -0.15) is 21.0 Å². The molecule has 3 aromatic rings. The standard InChI is InChI=1S/C30H22N6S3/c31-13-17(14-32)35-21-11-19-25(37-21)27-23(29(19)7-3-1-4-8-29)24-28(39-27)26-20(30(24)9-5-2-6-10-30)12-22(38-26)36-18(15-33)16-34/h11-12H,1-10H2. The van der Waals surface area contributed by atoms with Crippen LogP contribution >= 0.6 is 34.0 Å². The first-order valence-corrected chi connectivity index (χ1v) is 15.8. The zero-order valence-electron chi connectivity index (χ0n) is 21.1. The van der Waals surface area contributed by atoms with E-state index in [1.807, 2.05) is 35.6 Å². The average molecular weight is 563 g/mol. The fourth-order valence-electron chi connectivity index (χ4n) is 7.57. The van der Waals surface area contributed by atoms with Gasteiger partial charge in [0.1, 0.15) is 34.3 Å². The van der Waals surface area contributed by atoms with E-state index in [1.165, 1.54) is 69.2 Å². The number of hydrogen-bond acceptors (Lipinski definition) is 9. The summed E-state index contributed by atoms with van der Waals surface area (Å²) in [6, 6.07) is 12.0. The molecular formula is C30H22N6S3. The average Bonchev–Trinajstić information content (AvgIpc) is 3.76. The summed E-state index contributed by atoms with van der Waals surface area (Å²) in [5.41, 5.74) is 5.51. The maximum Gasteiger partial charge on any atom is 0.219 e. The van der Waals surface area contributed by atoms with E-state index in [-0.39, 0.29) is 22.3 Å². The molecule has 0 aliphatic heterocycles. The third-order valence-corrected chi connectivity index (χ3v) is 12.6. The zero-order valence-corrected chi connectivity index (χ0v) is 23.6. The molecular weight excluding hydrogens is 541 g/mol. The van der Waals surface area contributed by atoms with Crippen LogP contribution in [0.4, 0.5) is 10.0 Å². The van der Waals surface area contributed by atoms with Crippen molar-refractivity contribution < 1.29 is 0 Å². The van der Waals surface area contributed by atoms with Crippen LogP contribution in [0.5, 0.6) is 0 Å². The van der Waals surface area contributed by atoms with E-state index in [4.69, 9.17) is 0 Å². The van der Waals surface area contributed by atoms with Crippen LogP contribution < -0.4 is 0 Å². The van der Waals surface area contributed by atoms with Crippen LogP contribution in [-0.2, 0) is 10.8 Å². The van der Waals surface area contributed by atoms with Crippen molar-refractivity contribution in [2.75, 3.05) is 0 Å². The van der Waals surface area contributed by atoms with E-state index in [9.17, 15) is 21.0 Å². The highest BCUT2D eigenvalue weighted by atomic mass is 32.1. The summed E-state index contributed by atoms with van der Waals surface area (Å²) in [5.74, 6) is 0. The lowest BCUT2D eigenvalue weighted by Gasteiger charge is -2.41. The molecule has 0 N–H and O–H groups in total. The second-order valence-electron chi connectivity index (χ2n) is 10.8. The molecule has 4 aliphatic rings. The maximum atomic E-state index is 9.30. The van der Waals surface area contributed by atoms with Gasteiger partial charge in [0.2, 0.25) is 11.4 Å². The van der Waals surface area contributed by atoms with Gasteiger partial charge in [0.05, 0.1) is 9.75 Å². The highest BCUT2D eigenvalue weighted by Crippen LogP contribution is 2.71. The van der Waals surface area contributed by atoms with Gasteiger partial charge in [-0.05, 0) is 60.1 Å². The summed E-state index contributed by atoms with van der Waals surface area (Å²) >= 11 is 5.11. The molecule has 6 nitrogen and oxygen atoms in total. The fraction of sp³-hybridized carbons (Fsp3) is 0.400. The van der Waals surface area contributed by atoms with Gasteiger partial charge in [0, 0.05) is 20.6 Å². The molecule has 3 aromatic heterocycles. The molecule has 7 rings (SSSR count). The van der Waals surface area contributed by atoms with E-state index in [0.717, 1.165) is 35.7 Å². The lowest BCUT2D eigenvalue weighted by atomic mass is 9.61. The number of rotatable bonds is 2. The zero-order chi connectivity index (χ0) is 26.8. The van der Waals surface area contributed by atoms with Crippen molar-refractivity contribution in [3.05, 3.63) is 34.4 Å². The van der Waals surface area contributed by atoms with Crippen LogP contribution in [-0.4, -0.2) is 11.4 Å². The molecule has 2 spiro atoms. The van der Waals surface area contributed by atoms with Crippen LogP contribution in [0.25, 0.3) is 19.5 Å². The third-order valence-electron chi connectivity index (χ3n) is 9.03. The van der Waals surface area contributed by atoms with Crippen molar-refractivity contribution in [2.24, 2.45) is 9.98 Å². The Labute approximate surface area is 238 Å². The Balaban J connectivity index is 1.48. The van der Waals surface area contributed by atoms with Gasteiger partial charge in [-0.3, -0.25) is 0 Å². The van der Waals surface area contributed by atoms with Gasteiger partial charge in [0.15, 0.2) is 0 Å². The Bertz CT molecular complexity index is 1610. The van der Waals surface area contributed by atoms with E-state index in [2.05, 4.69) is 22.1 Å². The van der Waals surface area contributed by atoms with Crippen LogP contribution in [0.3, 0.4) is 0 Å². The normalized spacial score (nSPS) is 18.6. The number of nitriles is 4. The van der Waals surface area contributed by atoms with E-state index < -0.39 is 0 Å². The van der Waals surface area contributed by atoms with Gasteiger partial charge in [-0.25, -0.2) is 9.98 Å². The fourth-order valence-corrected chi connectivity index (χ4v) is 11.6. The summed E-state index contributed by atoms with van der Waals surface area (Å²) in [6.45, 7) is 0. The van der Waals surface area contributed by atoms with E-state index in [0.29, 0.717) is 0 Å². The second kappa shape index (κ2) is 8.97. The van der Waals surface area contributed by atoms with Gasteiger partial charge in [-0.1, -0.05) is 38.5 Å². The Kier molecular flexibility index (Phi) is 5.62. The van der Waals surface area contributed by atoms with Crippen molar-refractivity contribution in [2.45, 2.75) is 75.0 Å². The highest BCUT2D eigenvalue weighted by Gasteiger charge is 2.56. The number of hydrogen-bond donors (Lipinski definition) is 0. The molecule has 0 unspecified atom stereocenters. The molecule has 0 aromatic carbocycles. The largest absolute Gasteiger partial charge is 0.219 e. The Morgan fingerprint density at radius 1 is 0.564 bits per heavy atom. The lowest BCUT2D eigenvalue weighted by molar-refractivity contribution is 0.326. The highest BCUT2D eigenvalue weighted by molar-refractivity contribution is 7.29. The Morgan fingerprint density at radius 2 is 0.949 bits per heavy atom. The molecule has 0 atom stereocenters. The third kappa shape index (κ3) is 3.31. The number of aliphatic imine (C=N–C) groups is 2. The molecule has 4 aliphatic carbocycles. The van der Waals surface area contributed by atoms with Crippen molar-refractivity contribution in [3.63, 3.8) is 0 Å². The minimum Gasteiger partial charge on any atom is -0.216 e. The molecule has 0 saturated heterocycles. The SMILES string of the molecule is N#CC(C#N)=Nc1cc2c(s1)-c1sc3c(c1C21CCCCC1)C1(CCCCC1)c1cc(N=C(C#N)C#N)sc1-3. The van der Waals surface area contributed by atoms with Crippen molar-refractivity contribution in [1.82, 2.24) is 0 Å². The molecule has 9 heteroatoms. The summed E-state index contributed by atoms with van der Waals surface area (Å²) in [7, 11) is 0. The molecule has 2 saturated carbocycles. The predicted molar refractivity (Wildman–Crippen MR) is 155 cm³/mol. The molecule has 3 heterocycles. The molecule has 0 amide bonds. The first-order chi connectivity index (χ1) is 19.1. The topological polar surface area (TPSA) is 120 Å². The lowest BCUT2D eigenvalue weighted by Crippen LogP contribution is -2.34. The molecule has 39 heavy (non-hydrogen) atoms. The first-order valence-electron chi connectivity index (χ1n) is 13.3. The summed E-state index contributed by atoms with van der Waals surface area (Å²) < 4.78 is 0. The molecule has 0 radical (unpaired) electrons. The molecule has 190 valence electrons. The van der Waals surface area contributed by atoms with Gasteiger partial charge in [-0.15, -0.1) is 34.0 Å². The van der Waals surface area contributed by atoms with Crippen LogP contribution in [0.15, 0.2) is 22.1 Å². The maximum absolute atomic E-state index is 9.30. The Hall–Kier alpha value is -3.60. The molecule has 2 fully saturated rings. The van der Waals surface area contributed by atoms with Crippen molar-refractivity contribution >= 4 is 55.4 Å². The summed E-state index contributed by atoms with van der Waals surface area (Å²) in [4.78, 5) is 14.0. The van der Waals surface area contributed by atoms with E-state index in [1.54, 1.807) is 33.8 Å². The first kappa shape index (κ1) is 24.4. The number of fused-ring (bicyclic) bond motifs is 11. The summed E-state index contributed by atoms with van der Waals surface area (Å²) in [5, 5.41) is 38.7. The quantitative estimate of drug-likeness (QED) is 0.290. The van der Waals surface area contributed by atoms with Crippen molar-refractivity contribution in [1.29, 1.82) is 21.0 Å². The Morgan fingerprint density at radius 3 is 1.31 bits per heavy atom. The second-order valence-corrected chi connectivity index (χ2v) is 13.9. The number of thiophene rings is 3. The summed E-state index contributed by atoms with van der Waals surface area (Å²) in [6.07, 6.45) is 11.7. The van der Waals surface area contributed by atoms with Crippen molar-refractivity contribution in [3.8, 4) is 43.8 Å². The van der Waals surface area contributed by atoms with Crippen LogP contribution in [0, 0.1) is 45.3 Å². The van der Waals surface area contributed by atoms with Gasteiger partial charge >= 0.3 is 0 Å². The van der Waals surface area contributed by atoms with Gasteiger partial charge in [0.25, 0.3) is 0 Å². The predicted octanol–water partition coefficient (Wildman–Crippen LogP) is 8.57. The minimum atomic E-state index is -0.104. The monoisotopic (exact) mass is 562 g/mol. The minimum absolute atomic E-state index is 0.0366. The molecule has 0 bridgehead atoms. The van der Waals surface area contributed by atoms with Crippen LogP contribution in [0.2, 0.25) is 0 Å². The van der Waals surface area contributed by atoms with E-state index >= 15 is 0 Å².